The number of anilines is 1. The number of benzene rings is 4. The average molecular weight is 989 g/mol. The molecule has 2 amide bonds. The Labute approximate surface area is 441 Å². The molecule has 3 fully saturated rings. The summed E-state index contributed by atoms with van der Waals surface area (Å²) in [5.74, 6) is -1.41. The molecule has 2 saturated carbocycles. The summed E-state index contributed by atoms with van der Waals surface area (Å²) in [7, 11) is 0. The Kier molecular flexibility index (Phi) is 13.2. The first-order valence-corrected chi connectivity index (χ1v) is 28.5. The molecular formula is C67H78N3O4+. The SMILES string of the molecule is CCCCN1C(=CC=CC=CC=CC2=[N+](CCCCCC(=O)ON3C(=O)CCC3=O)c3cc4c(cc3C2(C)C)-c2ccc(C)cc2C42CCCCC2)C(C)(C)c2cc3c(cc21)C1(CCCCC1)c1cc(C)ccc1-3. The second-order valence-electron chi connectivity index (χ2n) is 24.0. The van der Waals surface area contributed by atoms with Crippen LogP contribution in [-0.4, -0.2) is 46.2 Å². The van der Waals surface area contributed by atoms with Crippen molar-refractivity contribution >= 4 is 34.9 Å². The van der Waals surface area contributed by atoms with Gasteiger partial charge in [0.25, 0.3) is 11.8 Å². The number of fused-ring (bicyclic) bond motifs is 12. The van der Waals surface area contributed by atoms with Gasteiger partial charge in [-0.2, -0.15) is 4.58 Å². The highest BCUT2D eigenvalue weighted by atomic mass is 16.7. The van der Waals surface area contributed by atoms with E-state index in [0.29, 0.717) is 11.5 Å². The van der Waals surface area contributed by atoms with E-state index in [-0.39, 0.29) is 40.9 Å². The molecule has 2 spiro atoms. The minimum atomic E-state index is -0.528. The Morgan fingerprint density at radius 1 is 0.608 bits per heavy atom. The van der Waals surface area contributed by atoms with Crippen LogP contribution in [0, 0.1) is 13.8 Å². The number of unbranched alkanes of at least 4 members (excludes halogenated alkanes) is 3. The van der Waals surface area contributed by atoms with Gasteiger partial charge in [-0.1, -0.05) is 144 Å². The van der Waals surface area contributed by atoms with Crippen LogP contribution in [0.5, 0.6) is 0 Å². The van der Waals surface area contributed by atoms with Gasteiger partial charge in [0.15, 0.2) is 5.71 Å². The molecule has 74 heavy (non-hydrogen) atoms. The Morgan fingerprint density at radius 3 is 1.80 bits per heavy atom. The number of imide groups is 1. The second kappa shape index (κ2) is 19.6. The lowest BCUT2D eigenvalue weighted by molar-refractivity contribution is -0.438. The van der Waals surface area contributed by atoms with Crippen molar-refractivity contribution < 1.29 is 23.8 Å². The van der Waals surface area contributed by atoms with Crippen LogP contribution in [0.15, 0.2) is 109 Å². The van der Waals surface area contributed by atoms with Gasteiger partial charge < -0.3 is 9.74 Å². The van der Waals surface area contributed by atoms with E-state index in [1.165, 1.54) is 143 Å². The van der Waals surface area contributed by atoms with Gasteiger partial charge in [-0.15, -0.1) is 5.06 Å². The fourth-order valence-corrected chi connectivity index (χ4v) is 14.7. The van der Waals surface area contributed by atoms with Crippen LogP contribution in [0.4, 0.5) is 11.4 Å². The Bertz CT molecular complexity index is 3090. The van der Waals surface area contributed by atoms with E-state index in [0.717, 1.165) is 38.8 Å². The molecule has 0 radical (unpaired) electrons. The third-order valence-electron chi connectivity index (χ3n) is 18.6. The summed E-state index contributed by atoms with van der Waals surface area (Å²) >= 11 is 0. The molecule has 7 nitrogen and oxygen atoms in total. The number of hydroxylamine groups is 2. The smallest absolute Gasteiger partial charge is 0.333 e. The van der Waals surface area contributed by atoms with Crippen molar-refractivity contribution in [2.75, 3.05) is 18.0 Å². The van der Waals surface area contributed by atoms with Gasteiger partial charge in [0, 0.05) is 77.6 Å². The van der Waals surface area contributed by atoms with Crippen molar-refractivity contribution in [3.8, 4) is 22.3 Å². The molecule has 0 aromatic heterocycles. The second-order valence-corrected chi connectivity index (χ2v) is 24.0. The molecule has 11 rings (SSSR count). The van der Waals surface area contributed by atoms with E-state index in [4.69, 9.17) is 4.84 Å². The number of carbonyl (C=O) groups is 3. The van der Waals surface area contributed by atoms with E-state index in [1.807, 2.05) is 0 Å². The third-order valence-corrected chi connectivity index (χ3v) is 18.6. The number of hydrogen-bond acceptors (Lipinski definition) is 5. The van der Waals surface area contributed by atoms with E-state index >= 15 is 0 Å². The Morgan fingerprint density at radius 2 is 1.18 bits per heavy atom. The first-order chi connectivity index (χ1) is 35.7. The zero-order chi connectivity index (χ0) is 51.6. The highest BCUT2D eigenvalue weighted by Gasteiger charge is 2.51. The molecule has 3 aliphatic heterocycles. The minimum absolute atomic E-state index is 0.0497. The minimum Gasteiger partial charge on any atom is -0.344 e. The van der Waals surface area contributed by atoms with Gasteiger partial charge >= 0.3 is 5.97 Å². The highest BCUT2D eigenvalue weighted by molar-refractivity contribution is 6.04. The fraction of sp³-hybridized carbons (Fsp3) is 0.463. The number of nitrogens with zero attached hydrogens (tertiary/aromatic N) is 3. The quantitative estimate of drug-likeness (QED) is 0.0545. The maximum absolute atomic E-state index is 12.7. The number of rotatable bonds is 14. The molecule has 4 aliphatic carbocycles. The van der Waals surface area contributed by atoms with Gasteiger partial charge in [-0.3, -0.25) is 9.59 Å². The van der Waals surface area contributed by atoms with Crippen molar-refractivity contribution in [2.24, 2.45) is 0 Å². The standard InChI is InChI=1S/C67H78N3O4/c1-8-9-37-68-57-43-53-49(47-29-27-45(2)39-51(47)66(53)33-19-14-20-34-66)41-55(57)64(4,5)59(68)24-16-11-10-12-17-25-60-65(6,7)56-42-50-48-30-28-46(3)40-52(48)67(35-21-15-22-36-67)54(50)44-58(56)69(60)38-23-13-18-26-63(73)74-70-61(71)31-32-62(70)72/h10-12,16-17,24-25,27-30,39-44H,8-9,13-15,18-23,26,31-38H2,1-7H3/q+1. The maximum Gasteiger partial charge on any atom is 0.333 e. The van der Waals surface area contributed by atoms with Crippen LogP contribution in [0.1, 0.15) is 195 Å². The molecule has 3 heterocycles. The normalized spacial score (nSPS) is 21.0. The molecule has 0 atom stereocenters. The zero-order valence-electron chi connectivity index (χ0n) is 45.4. The van der Waals surface area contributed by atoms with Crippen molar-refractivity contribution in [1.82, 2.24) is 5.06 Å². The molecular weight excluding hydrogens is 911 g/mol. The molecule has 1 saturated heterocycles. The van der Waals surface area contributed by atoms with Crippen LogP contribution < -0.4 is 4.90 Å². The highest BCUT2D eigenvalue weighted by Crippen LogP contribution is 2.61. The number of amides is 2. The molecule has 4 aromatic carbocycles. The monoisotopic (exact) mass is 989 g/mol. The number of aryl methyl sites for hydroxylation is 2. The average Bonchev–Trinajstić information content (AvgIpc) is 4.08. The lowest BCUT2D eigenvalue weighted by atomic mass is 9.67. The van der Waals surface area contributed by atoms with Gasteiger partial charge in [0.1, 0.15) is 6.54 Å². The first-order valence-electron chi connectivity index (χ1n) is 28.5. The van der Waals surface area contributed by atoms with Gasteiger partial charge in [-0.25, -0.2) is 4.79 Å². The van der Waals surface area contributed by atoms with Crippen LogP contribution in [0.2, 0.25) is 0 Å². The summed E-state index contributed by atoms with van der Waals surface area (Å²) in [6.07, 6.45) is 33.2. The maximum atomic E-state index is 12.7. The summed E-state index contributed by atoms with van der Waals surface area (Å²) in [4.78, 5) is 44.7. The van der Waals surface area contributed by atoms with E-state index in [1.54, 1.807) is 11.1 Å². The van der Waals surface area contributed by atoms with E-state index in [9.17, 15) is 14.4 Å². The predicted octanol–water partition coefficient (Wildman–Crippen LogP) is 15.5. The van der Waals surface area contributed by atoms with Crippen molar-refractivity contribution in [3.05, 3.63) is 153 Å². The predicted molar refractivity (Wildman–Crippen MR) is 300 cm³/mol. The largest absolute Gasteiger partial charge is 0.344 e. The number of hydrogen-bond donors (Lipinski definition) is 0. The number of carbonyl (C=O) groups excluding carboxylic acids is 3. The van der Waals surface area contributed by atoms with E-state index < -0.39 is 17.8 Å². The van der Waals surface area contributed by atoms with Gasteiger partial charge in [0.05, 0.1) is 5.41 Å². The van der Waals surface area contributed by atoms with Crippen LogP contribution in [0.3, 0.4) is 0 Å². The van der Waals surface area contributed by atoms with Gasteiger partial charge in [0.2, 0.25) is 5.69 Å². The van der Waals surface area contributed by atoms with Crippen molar-refractivity contribution in [1.29, 1.82) is 0 Å². The molecule has 0 N–H and O–H groups in total. The summed E-state index contributed by atoms with van der Waals surface area (Å²) in [6, 6.07) is 24.7. The zero-order valence-corrected chi connectivity index (χ0v) is 45.4. The van der Waals surface area contributed by atoms with Crippen LogP contribution in [0.25, 0.3) is 22.3 Å². The Hall–Kier alpha value is -6.08. The third kappa shape index (κ3) is 8.30. The summed E-state index contributed by atoms with van der Waals surface area (Å²) in [5, 5.41) is 0.657. The summed E-state index contributed by atoms with van der Waals surface area (Å²) in [6.45, 7) is 18.2. The molecule has 0 bridgehead atoms. The molecule has 7 heteroatoms. The Balaban J connectivity index is 0.868. The van der Waals surface area contributed by atoms with Crippen molar-refractivity contribution in [3.63, 3.8) is 0 Å². The van der Waals surface area contributed by atoms with Gasteiger partial charge in [-0.05, 0) is 147 Å². The van der Waals surface area contributed by atoms with Crippen molar-refractivity contribution in [2.45, 2.75) is 186 Å². The summed E-state index contributed by atoms with van der Waals surface area (Å²) in [5.41, 5.74) is 22.5. The molecule has 4 aromatic rings. The number of allylic oxidation sites excluding steroid dienone is 8. The fourth-order valence-electron chi connectivity index (χ4n) is 14.7. The topological polar surface area (TPSA) is 69.9 Å². The lowest BCUT2D eigenvalue weighted by Gasteiger charge is -2.36. The van der Waals surface area contributed by atoms with E-state index in [2.05, 4.69) is 161 Å². The lowest BCUT2D eigenvalue weighted by Crippen LogP contribution is -2.31. The molecule has 384 valence electrons. The van der Waals surface area contributed by atoms with Crippen LogP contribution >= 0.6 is 0 Å². The molecule has 7 aliphatic rings. The first kappa shape index (κ1) is 50.1. The summed E-state index contributed by atoms with van der Waals surface area (Å²) < 4.78 is 2.56. The van der Waals surface area contributed by atoms with Crippen LogP contribution in [-0.2, 0) is 40.9 Å². The molecule has 0 unspecified atom stereocenters.